The highest BCUT2D eigenvalue weighted by Gasteiger charge is 2.44. The summed E-state index contributed by atoms with van der Waals surface area (Å²) in [5, 5.41) is 39.5. The maximum Gasteiger partial charge on any atom is 0.347 e. The third-order valence-electron chi connectivity index (χ3n) is 11.9. The van der Waals surface area contributed by atoms with E-state index in [4.69, 9.17) is 4.74 Å². The summed E-state index contributed by atoms with van der Waals surface area (Å²) < 4.78 is 36.5. The highest BCUT2D eigenvalue weighted by atomic mass is 32.1. The number of nitrogens with one attached hydrogen (secondary N) is 3. The van der Waals surface area contributed by atoms with Gasteiger partial charge in [-0.05, 0) is 90.5 Å². The molecule has 11 nitrogen and oxygen atoms in total. The van der Waals surface area contributed by atoms with E-state index in [0.29, 0.717) is 37.4 Å². The Balaban J connectivity index is 0.898. The number of phenols is 1. The van der Waals surface area contributed by atoms with Crippen LogP contribution in [0.5, 0.6) is 5.75 Å². The van der Waals surface area contributed by atoms with Gasteiger partial charge in [0, 0.05) is 52.0 Å². The molecule has 3 heterocycles. The van der Waals surface area contributed by atoms with Crippen LogP contribution in [0.1, 0.15) is 62.0 Å². The number of esters is 1. The van der Waals surface area contributed by atoms with Crippen molar-refractivity contribution in [2.45, 2.75) is 44.2 Å². The first kappa shape index (κ1) is 45.0. The SMILES string of the molecule is O=C(NCc1ccc(-c2ccccc2[C@](O)(C(=O)OCC2CCN(Cc3ccccc3)CC2)c2ccccc2)s1)c1cc(F)c(CNC[C@H](O)c2ccc(O)c3[nH]c(=O)ccc23)cc1F. The number of carbonyl (C=O) groups excluding carboxylic acids is 2. The average molecular weight is 899 g/mol. The number of aromatic hydroxyl groups is 1. The lowest BCUT2D eigenvalue weighted by molar-refractivity contribution is -0.164. The molecule has 14 heteroatoms. The van der Waals surface area contributed by atoms with Crippen LogP contribution in [0.4, 0.5) is 8.78 Å². The molecule has 0 aliphatic carbocycles. The van der Waals surface area contributed by atoms with E-state index in [1.165, 1.54) is 41.2 Å². The number of phenolic OH excluding ortho intramolecular Hbond substituents is 1. The van der Waals surface area contributed by atoms with Crippen molar-refractivity contribution in [2.75, 3.05) is 26.2 Å². The Morgan fingerprint density at radius 1 is 0.862 bits per heavy atom. The van der Waals surface area contributed by atoms with Crippen molar-refractivity contribution in [3.8, 4) is 16.2 Å². The maximum absolute atomic E-state index is 15.3. The standard InChI is InChI=1S/C51H48F2N4O7S/c52-42-26-40(43(53)25-34(42)27-54-29-45(59)37-16-18-44(58)48-38(37)17-20-47(60)56-48)49(61)55-28-36-15-19-46(65-36)39-13-7-8-14-41(39)51(63,35-11-5-2-6-12-35)50(62)64-31-33-21-23-57(24-22-33)30-32-9-3-1-4-10-32/h1-20,25-26,33,45,54,58-59,63H,21-24,27-31H2,(H,55,61)(H,56,60)/t45-,51-/m0/s1. The van der Waals surface area contributed by atoms with E-state index in [2.05, 4.69) is 32.7 Å². The van der Waals surface area contributed by atoms with Crippen LogP contribution in [-0.4, -0.2) is 63.3 Å². The van der Waals surface area contributed by atoms with E-state index < -0.39 is 46.3 Å². The van der Waals surface area contributed by atoms with Gasteiger partial charge in [0.1, 0.15) is 17.4 Å². The van der Waals surface area contributed by atoms with Crippen LogP contribution < -0.4 is 16.2 Å². The number of H-pyrrole nitrogens is 1. The van der Waals surface area contributed by atoms with Crippen molar-refractivity contribution in [3.05, 3.63) is 194 Å². The summed E-state index contributed by atoms with van der Waals surface area (Å²) >= 11 is 1.31. The van der Waals surface area contributed by atoms with Gasteiger partial charge in [0.2, 0.25) is 11.2 Å². The van der Waals surface area contributed by atoms with Crippen molar-refractivity contribution >= 4 is 34.1 Å². The van der Waals surface area contributed by atoms with Gasteiger partial charge in [0.25, 0.3) is 5.91 Å². The predicted molar refractivity (Wildman–Crippen MR) is 245 cm³/mol. The van der Waals surface area contributed by atoms with Crippen LogP contribution in [0.3, 0.4) is 0 Å². The monoisotopic (exact) mass is 898 g/mol. The lowest BCUT2D eigenvalue weighted by Gasteiger charge is -2.33. The molecular formula is C51H48F2N4O7S. The number of amides is 1. The fraction of sp³-hybridized carbons (Fsp3) is 0.235. The Morgan fingerprint density at radius 2 is 1.58 bits per heavy atom. The molecule has 1 aliphatic rings. The molecule has 1 fully saturated rings. The van der Waals surface area contributed by atoms with Crippen molar-refractivity contribution < 1.29 is 38.4 Å². The van der Waals surface area contributed by atoms with Gasteiger partial charge in [-0.2, -0.15) is 0 Å². The number of thiophene rings is 1. The molecular weight excluding hydrogens is 851 g/mol. The van der Waals surface area contributed by atoms with Gasteiger partial charge in [-0.1, -0.05) is 91.0 Å². The highest BCUT2D eigenvalue weighted by molar-refractivity contribution is 7.15. The lowest BCUT2D eigenvalue weighted by Crippen LogP contribution is -2.41. The predicted octanol–water partition coefficient (Wildman–Crippen LogP) is 7.68. The van der Waals surface area contributed by atoms with Gasteiger partial charge in [-0.25, -0.2) is 13.6 Å². The van der Waals surface area contributed by atoms with E-state index in [-0.39, 0.29) is 49.0 Å². The smallest absolute Gasteiger partial charge is 0.347 e. The number of carbonyl (C=O) groups is 2. The number of aromatic amines is 1. The van der Waals surface area contributed by atoms with Crippen molar-refractivity contribution in [1.29, 1.82) is 0 Å². The van der Waals surface area contributed by atoms with Crippen molar-refractivity contribution in [1.82, 2.24) is 20.5 Å². The van der Waals surface area contributed by atoms with Crippen LogP contribution >= 0.6 is 11.3 Å². The fourth-order valence-electron chi connectivity index (χ4n) is 8.31. The number of nitrogens with zero attached hydrogens (tertiary/aromatic N) is 1. The second-order valence-electron chi connectivity index (χ2n) is 16.2. The minimum absolute atomic E-state index is 0.0110. The molecule has 0 saturated carbocycles. The minimum Gasteiger partial charge on any atom is -0.506 e. The van der Waals surface area contributed by atoms with Gasteiger partial charge in [0.15, 0.2) is 0 Å². The number of hydrogen-bond acceptors (Lipinski definition) is 10. The summed E-state index contributed by atoms with van der Waals surface area (Å²) in [6.45, 7) is 2.55. The third kappa shape index (κ3) is 10.2. The van der Waals surface area contributed by atoms with Crippen LogP contribution in [0.15, 0.2) is 138 Å². The molecule has 7 aromatic rings. The minimum atomic E-state index is -2.14. The second kappa shape index (κ2) is 20.1. The number of aromatic nitrogens is 1. The summed E-state index contributed by atoms with van der Waals surface area (Å²) in [6.07, 6.45) is 0.605. The number of hydrogen-bond donors (Lipinski definition) is 6. The van der Waals surface area contributed by atoms with Gasteiger partial charge in [0.05, 0.1) is 30.3 Å². The molecule has 0 radical (unpaired) electrons. The number of aliphatic hydroxyl groups excluding tert-OH is 1. The molecule has 6 N–H and O–H groups in total. The fourth-order valence-corrected chi connectivity index (χ4v) is 9.29. The number of fused-ring (bicyclic) bond motifs is 1. The van der Waals surface area contributed by atoms with E-state index in [9.17, 15) is 29.7 Å². The summed E-state index contributed by atoms with van der Waals surface area (Å²) in [5.74, 6) is -3.37. The lowest BCUT2D eigenvalue weighted by atomic mass is 9.83. The number of rotatable bonds is 16. The molecule has 334 valence electrons. The van der Waals surface area contributed by atoms with Gasteiger partial charge < -0.3 is 35.7 Å². The topological polar surface area (TPSA) is 164 Å². The van der Waals surface area contributed by atoms with E-state index in [1.54, 1.807) is 60.7 Å². The zero-order chi connectivity index (χ0) is 45.5. The van der Waals surface area contributed by atoms with Crippen LogP contribution in [-0.2, 0) is 34.8 Å². The Morgan fingerprint density at radius 3 is 2.35 bits per heavy atom. The molecule has 8 rings (SSSR count). The van der Waals surface area contributed by atoms with Crippen LogP contribution in [0.2, 0.25) is 0 Å². The van der Waals surface area contributed by atoms with Crippen molar-refractivity contribution in [2.24, 2.45) is 5.92 Å². The van der Waals surface area contributed by atoms with Crippen LogP contribution in [0.25, 0.3) is 21.3 Å². The summed E-state index contributed by atoms with van der Waals surface area (Å²) in [4.78, 5) is 45.4. The highest BCUT2D eigenvalue weighted by Crippen LogP contribution is 2.40. The maximum atomic E-state index is 15.3. The third-order valence-corrected chi connectivity index (χ3v) is 13.0. The second-order valence-corrected chi connectivity index (χ2v) is 17.4. The first-order chi connectivity index (χ1) is 31.5. The number of aliphatic hydroxyl groups is 2. The quantitative estimate of drug-likeness (QED) is 0.0534. The Hall–Kier alpha value is -6.55. The Kier molecular flexibility index (Phi) is 13.9. The van der Waals surface area contributed by atoms with Gasteiger partial charge >= 0.3 is 5.97 Å². The molecule has 2 aromatic heterocycles. The molecule has 1 amide bonds. The normalized spacial score (nSPS) is 14.8. The summed E-state index contributed by atoms with van der Waals surface area (Å²) in [6, 6.07) is 37.0. The zero-order valence-corrected chi connectivity index (χ0v) is 36.1. The number of halogens is 2. The van der Waals surface area contributed by atoms with Gasteiger partial charge in [-0.15, -0.1) is 11.3 Å². The Labute approximate surface area is 378 Å². The van der Waals surface area contributed by atoms with Crippen molar-refractivity contribution in [3.63, 3.8) is 0 Å². The number of piperidine rings is 1. The molecule has 65 heavy (non-hydrogen) atoms. The molecule has 2 atom stereocenters. The molecule has 5 aromatic carbocycles. The molecule has 0 spiro atoms. The van der Waals surface area contributed by atoms with Crippen LogP contribution in [0, 0.1) is 17.6 Å². The average Bonchev–Trinajstić information content (AvgIpc) is 3.81. The Bertz CT molecular complexity index is 2850. The zero-order valence-electron chi connectivity index (χ0n) is 35.3. The van der Waals surface area contributed by atoms with E-state index >= 15 is 8.78 Å². The molecule has 0 unspecified atom stereocenters. The number of benzene rings is 5. The summed E-state index contributed by atoms with van der Waals surface area (Å²) in [5.41, 5.74) is 0.00623. The van der Waals surface area contributed by atoms with Gasteiger partial charge in [-0.3, -0.25) is 14.5 Å². The molecule has 0 bridgehead atoms. The number of pyridine rings is 1. The summed E-state index contributed by atoms with van der Waals surface area (Å²) in [7, 11) is 0. The number of ether oxygens (including phenoxy) is 1. The van der Waals surface area contributed by atoms with E-state index in [0.717, 1.165) is 44.6 Å². The number of likely N-dealkylation sites (tertiary alicyclic amines) is 1. The largest absolute Gasteiger partial charge is 0.506 e. The molecule has 1 saturated heterocycles. The first-order valence-corrected chi connectivity index (χ1v) is 22.2. The molecule has 1 aliphatic heterocycles. The van der Waals surface area contributed by atoms with E-state index in [1.807, 2.05) is 24.3 Å². The first-order valence-electron chi connectivity index (χ1n) is 21.4.